The zero-order valence-electron chi connectivity index (χ0n) is 13.9. The number of hydrogen-bond donors (Lipinski definition) is 1. The van der Waals surface area contributed by atoms with Crippen molar-refractivity contribution in [2.75, 3.05) is 11.9 Å². The van der Waals surface area contributed by atoms with Crippen LogP contribution in [-0.2, 0) is 6.42 Å². The van der Waals surface area contributed by atoms with Crippen molar-refractivity contribution in [3.63, 3.8) is 0 Å². The Morgan fingerprint density at radius 2 is 2.04 bits per heavy atom. The number of nitrogens with one attached hydrogen (secondary N) is 1. The minimum Gasteiger partial charge on any atom is -0.359 e. The molecule has 1 aliphatic heterocycles. The van der Waals surface area contributed by atoms with Crippen LogP contribution in [0.4, 0.5) is 10.5 Å². The quantitative estimate of drug-likeness (QED) is 0.923. The number of carbonyl (C=O) groups is 1. The molecular weight excluding hydrogens is 290 g/mol. The SMILES string of the molecule is CCc1cc(C2CCCN2C(=O)Nc2cc(C)cc(C)c2)on1. The predicted octanol–water partition coefficient (Wildman–Crippen LogP) is 4.22. The van der Waals surface area contributed by atoms with Crippen LogP contribution in [0.1, 0.15) is 48.4 Å². The van der Waals surface area contributed by atoms with Crippen molar-refractivity contribution in [2.24, 2.45) is 0 Å². The molecule has 0 bridgehead atoms. The van der Waals surface area contributed by atoms with Crippen molar-refractivity contribution >= 4 is 11.7 Å². The number of likely N-dealkylation sites (tertiary alicyclic amines) is 1. The molecule has 0 spiro atoms. The summed E-state index contributed by atoms with van der Waals surface area (Å²) in [7, 11) is 0. The first-order valence-corrected chi connectivity index (χ1v) is 8.18. The summed E-state index contributed by atoms with van der Waals surface area (Å²) in [6, 6.07) is 7.93. The molecule has 23 heavy (non-hydrogen) atoms. The molecule has 1 unspecified atom stereocenters. The fraction of sp³-hybridized carbons (Fsp3) is 0.444. The Morgan fingerprint density at radius 1 is 1.30 bits per heavy atom. The lowest BCUT2D eigenvalue weighted by Gasteiger charge is -2.23. The van der Waals surface area contributed by atoms with Crippen LogP contribution in [0.25, 0.3) is 0 Å². The molecule has 2 heterocycles. The minimum atomic E-state index is -0.0769. The Hall–Kier alpha value is -2.30. The summed E-state index contributed by atoms with van der Waals surface area (Å²) < 4.78 is 5.44. The second kappa shape index (κ2) is 6.44. The van der Waals surface area contributed by atoms with Crippen molar-refractivity contribution in [3.05, 3.63) is 46.8 Å². The van der Waals surface area contributed by atoms with Crippen LogP contribution in [0, 0.1) is 13.8 Å². The van der Waals surface area contributed by atoms with E-state index in [2.05, 4.69) is 16.5 Å². The lowest BCUT2D eigenvalue weighted by Crippen LogP contribution is -2.34. The number of aromatic nitrogens is 1. The van der Waals surface area contributed by atoms with Gasteiger partial charge in [0.25, 0.3) is 0 Å². The molecule has 1 aliphatic rings. The van der Waals surface area contributed by atoms with Gasteiger partial charge < -0.3 is 14.7 Å². The summed E-state index contributed by atoms with van der Waals surface area (Å²) in [6.07, 6.45) is 2.73. The Labute approximate surface area is 136 Å². The van der Waals surface area contributed by atoms with Gasteiger partial charge in [-0.2, -0.15) is 0 Å². The highest BCUT2D eigenvalue weighted by Crippen LogP contribution is 2.33. The number of anilines is 1. The maximum absolute atomic E-state index is 12.7. The number of nitrogens with zero attached hydrogens (tertiary/aromatic N) is 2. The van der Waals surface area contributed by atoms with Gasteiger partial charge >= 0.3 is 6.03 Å². The first-order chi connectivity index (χ1) is 11.1. The molecule has 5 heteroatoms. The molecule has 1 fully saturated rings. The molecule has 0 saturated carbocycles. The smallest absolute Gasteiger partial charge is 0.322 e. The fourth-order valence-corrected chi connectivity index (χ4v) is 3.20. The summed E-state index contributed by atoms with van der Waals surface area (Å²) in [5.74, 6) is 0.787. The predicted molar refractivity (Wildman–Crippen MR) is 89.5 cm³/mol. The van der Waals surface area contributed by atoms with Crippen molar-refractivity contribution in [3.8, 4) is 0 Å². The largest absolute Gasteiger partial charge is 0.359 e. The third-order valence-corrected chi connectivity index (χ3v) is 4.25. The van der Waals surface area contributed by atoms with E-state index in [1.807, 2.05) is 43.9 Å². The average Bonchev–Trinajstić information content (AvgIpc) is 3.14. The Balaban J connectivity index is 1.75. The monoisotopic (exact) mass is 313 g/mol. The van der Waals surface area contributed by atoms with Crippen LogP contribution >= 0.6 is 0 Å². The van der Waals surface area contributed by atoms with E-state index in [0.717, 1.165) is 54.1 Å². The van der Waals surface area contributed by atoms with Crippen molar-refractivity contribution in [1.29, 1.82) is 0 Å². The number of aryl methyl sites for hydroxylation is 3. The first kappa shape index (κ1) is 15.6. The van der Waals surface area contributed by atoms with E-state index in [1.54, 1.807) is 0 Å². The van der Waals surface area contributed by atoms with Gasteiger partial charge in [-0.3, -0.25) is 0 Å². The molecule has 0 aliphatic carbocycles. The fourth-order valence-electron chi connectivity index (χ4n) is 3.20. The maximum Gasteiger partial charge on any atom is 0.322 e. The number of benzene rings is 1. The molecule has 1 aromatic carbocycles. The van der Waals surface area contributed by atoms with Crippen LogP contribution in [-0.4, -0.2) is 22.6 Å². The molecule has 5 nitrogen and oxygen atoms in total. The summed E-state index contributed by atoms with van der Waals surface area (Å²) in [5, 5.41) is 7.06. The molecule has 1 saturated heterocycles. The summed E-state index contributed by atoms with van der Waals surface area (Å²) >= 11 is 0. The van der Waals surface area contributed by atoms with E-state index < -0.39 is 0 Å². The highest BCUT2D eigenvalue weighted by Gasteiger charge is 2.32. The number of carbonyl (C=O) groups excluding carboxylic acids is 1. The third-order valence-electron chi connectivity index (χ3n) is 4.25. The molecule has 1 aromatic heterocycles. The summed E-state index contributed by atoms with van der Waals surface area (Å²) in [5.41, 5.74) is 4.05. The topological polar surface area (TPSA) is 58.4 Å². The third kappa shape index (κ3) is 3.38. The first-order valence-electron chi connectivity index (χ1n) is 8.18. The molecule has 2 aromatic rings. The normalized spacial score (nSPS) is 17.5. The molecule has 1 atom stereocenters. The maximum atomic E-state index is 12.7. The van der Waals surface area contributed by atoms with Gasteiger partial charge in [0.2, 0.25) is 0 Å². The van der Waals surface area contributed by atoms with E-state index in [4.69, 9.17) is 4.52 Å². The van der Waals surface area contributed by atoms with E-state index in [9.17, 15) is 4.79 Å². The van der Waals surface area contributed by atoms with E-state index >= 15 is 0 Å². The Morgan fingerprint density at radius 3 is 2.70 bits per heavy atom. The highest BCUT2D eigenvalue weighted by atomic mass is 16.5. The molecular formula is C18H23N3O2. The number of urea groups is 1. The lowest BCUT2D eigenvalue weighted by atomic mass is 10.1. The zero-order valence-corrected chi connectivity index (χ0v) is 13.9. The number of rotatable bonds is 3. The Kier molecular flexibility index (Phi) is 4.37. The average molecular weight is 313 g/mol. The van der Waals surface area contributed by atoms with E-state index in [1.165, 1.54) is 0 Å². The number of hydrogen-bond acceptors (Lipinski definition) is 3. The highest BCUT2D eigenvalue weighted by molar-refractivity contribution is 5.90. The van der Waals surface area contributed by atoms with Gasteiger partial charge in [0, 0.05) is 18.3 Å². The van der Waals surface area contributed by atoms with Gasteiger partial charge in [0.15, 0.2) is 5.76 Å². The van der Waals surface area contributed by atoms with Crippen molar-refractivity contribution in [2.45, 2.75) is 46.1 Å². The number of amides is 2. The lowest BCUT2D eigenvalue weighted by molar-refractivity contribution is 0.195. The second-order valence-electron chi connectivity index (χ2n) is 6.23. The van der Waals surface area contributed by atoms with Gasteiger partial charge in [0.1, 0.15) is 0 Å². The second-order valence-corrected chi connectivity index (χ2v) is 6.23. The molecule has 122 valence electrons. The van der Waals surface area contributed by atoms with Gasteiger partial charge in [-0.15, -0.1) is 0 Å². The van der Waals surface area contributed by atoms with Crippen LogP contribution in [0.15, 0.2) is 28.8 Å². The van der Waals surface area contributed by atoms with Crippen LogP contribution in [0.3, 0.4) is 0 Å². The minimum absolute atomic E-state index is 0.0197. The molecule has 3 rings (SSSR count). The van der Waals surface area contributed by atoms with Crippen LogP contribution < -0.4 is 5.32 Å². The van der Waals surface area contributed by atoms with Gasteiger partial charge in [-0.25, -0.2) is 4.79 Å². The van der Waals surface area contributed by atoms with Gasteiger partial charge in [-0.05, 0) is 56.4 Å². The Bertz CT molecular complexity index is 688. The van der Waals surface area contributed by atoms with Gasteiger partial charge in [-0.1, -0.05) is 18.1 Å². The van der Waals surface area contributed by atoms with E-state index in [0.29, 0.717) is 0 Å². The molecule has 0 radical (unpaired) electrons. The molecule has 1 N–H and O–H groups in total. The van der Waals surface area contributed by atoms with Crippen molar-refractivity contribution < 1.29 is 9.32 Å². The zero-order chi connectivity index (χ0) is 16.4. The summed E-state index contributed by atoms with van der Waals surface area (Å²) in [6.45, 7) is 6.84. The van der Waals surface area contributed by atoms with Crippen molar-refractivity contribution in [1.82, 2.24) is 10.1 Å². The molecule has 2 amide bonds. The summed E-state index contributed by atoms with van der Waals surface area (Å²) in [4.78, 5) is 14.5. The van der Waals surface area contributed by atoms with Gasteiger partial charge in [0.05, 0.1) is 11.7 Å². The van der Waals surface area contributed by atoms with Crippen LogP contribution in [0.5, 0.6) is 0 Å². The van der Waals surface area contributed by atoms with Crippen LogP contribution in [0.2, 0.25) is 0 Å². The van der Waals surface area contributed by atoms with E-state index in [-0.39, 0.29) is 12.1 Å². The standard InChI is InChI=1S/C18H23N3O2/c1-4-14-11-17(23-20-14)16-6-5-7-21(16)18(22)19-15-9-12(2)8-13(3)10-15/h8-11,16H,4-7H2,1-3H3,(H,19,22).